The molecule has 0 radical (unpaired) electrons. The summed E-state index contributed by atoms with van der Waals surface area (Å²) in [4.78, 5) is 11.9. The predicted molar refractivity (Wildman–Crippen MR) is 67.1 cm³/mol. The SMILES string of the molecule is CCOCc1cc(C(=O)C(C)(C)O)ccc1C. The normalized spacial score (nSPS) is 11.6. The third-order valence-corrected chi connectivity index (χ3v) is 2.63. The Kier molecular flexibility index (Phi) is 4.43. The fourth-order valence-electron chi connectivity index (χ4n) is 1.53. The van der Waals surface area contributed by atoms with Crippen LogP contribution in [0.3, 0.4) is 0 Å². The molecule has 0 spiro atoms. The molecule has 0 saturated carbocycles. The standard InChI is InChI=1S/C14H20O3/c1-5-17-9-12-8-11(7-6-10(12)2)13(15)14(3,4)16/h6-8,16H,5,9H2,1-4H3. The van der Waals surface area contributed by atoms with Gasteiger partial charge in [-0.25, -0.2) is 0 Å². The van der Waals surface area contributed by atoms with Crippen molar-refractivity contribution in [2.24, 2.45) is 0 Å². The van der Waals surface area contributed by atoms with E-state index >= 15 is 0 Å². The van der Waals surface area contributed by atoms with Gasteiger partial charge in [0.1, 0.15) is 5.60 Å². The van der Waals surface area contributed by atoms with Gasteiger partial charge in [0.05, 0.1) is 6.61 Å². The van der Waals surface area contributed by atoms with E-state index in [1.807, 2.05) is 19.9 Å². The van der Waals surface area contributed by atoms with E-state index in [1.165, 1.54) is 13.8 Å². The van der Waals surface area contributed by atoms with Crippen LogP contribution in [0, 0.1) is 6.92 Å². The highest BCUT2D eigenvalue weighted by molar-refractivity contribution is 6.01. The van der Waals surface area contributed by atoms with Crippen LogP contribution < -0.4 is 0 Å². The number of Topliss-reactive ketones (excluding diaryl/α,β-unsaturated/α-hetero) is 1. The Morgan fingerprint density at radius 2 is 2.06 bits per heavy atom. The maximum absolute atomic E-state index is 11.9. The summed E-state index contributed by atoms with van der Waals surface area (Å²) in [7, 11) is 0. The Balaban J connectivity index is 3.00. The topological polar surface area (TPSA) is 46.5 Å². The second-order valence-corrected chi connectivity index (χ2v) is 4.67. The Hall–Kier alpha value is -1.19. The van der Waals surface area contributed by atoms with E-state index in [9.17, 15) is 9.90 Å². The lowest BCUT2D eigenvalue weighted by Crippen LogP contribution is -2.31. The summed E-state index contributed by atoms with van der Waals surface area (Å²) in [6.07, 6.45) is 0. The van der Waals surface area contributed by atoms with Crippen LogP contribution in [0.5, 0.6) is 0 Å². The molecular formula is C14H20O3. The van der Waals surface area contributed by atoms with Crippen LogP contribution in [0.15, 0.2) is 18.2 Å². The average molecular weight is 236 g/mol. The highest BCUT2D eigenvalue weighted by Crippen LogP contribution is 2.17. The molecule has 1 aromatic rings. The number of aryl methyl sites for hydroxylation is 1. The van der Waals surface area contributed by atoms with Crippen LogP contribution in [-0.2, 0) is 11.3 Å². The minimum absolute atomic E-state index is 0.268. The van der Waals surface area contributed by atoms with Gasteiger partial charge < -0.3 is 9.84 Å². The molecular weight excluding hydrogens is 216 g/mol. The quantitative estimate of drug-likeness (QED) is 0.799. The molecule has 0 amide bonds. The summed E-state index contributed by atoms with van der Waals surface area (Å²) in [6.45, 7) is 8.04. The zero-order valence-electron chi connectivity index (χ0n) is 10.9. The molecule has 3 heteroatoms. The van der Waals surface area contributed by atoms with Crippen LogP contribution in [0.4, 0.5) is 0 Å². The van der Waals surface area contributed by atoms with Gasteiger partial charge in [0.25, 0.3) is 0 Å². The number of benzene rings is 1. The summed E-state index contributed by atoms with van der Waals surface area (Å²) >= 11 is 0. The zero-order chi connectivity index (χ0) is 13.1. The molecule has 0 unspecified atom stereocenters. The molecule has 1 N–H and O–H groups in total. The van der Waals surface area contributed by atoms with Gasteiger partial charge in [-0.05, 0) is 44.9 Å². The third kappa shape index (κ3) is 3.65. The molecule has 0 aromatic heterocycles. The third-order valence-electron chi connectivity index (χ3n) is 2.63. The number of carbonyl (C=O) groups excluding carboxylic acids is 1. The highest BCUT2D eigenvalue weighted by atomic mass is 16.5. The first-order valence-electron chi connectivity index (χ1n) is 5.80. The predicted octanol–water partition coefficient (Wildman–Crippen LogP) is 2.49. The first-order valence-corrected chi connectivity index (χ1v) is 5.80. The van der Waals surface area contributed by atoms with Gasteiger partial charge in [-0.3, -0.25) is 4.79 Å². The molecule has 0 fully saturated rings. The maximum Gasteiger partial charge on any atom is 0.193 e. The van der Waals surface area contributed by atoms with Crippen molar-refractivity contribution < 1.29 is 14.6 Å². The molecule has 0 aliphatic heterocycles. The van der Waals surface area contributed by atoms with E-state index in [2.05, 4.69) is 0 Å². The van der Waals surface area contributed by atoms with Crippen molar-refractivity contribution in [1.82, 2.24) is 0 Å². The van der Waals surface area contributed by atoms with Gasteiger partial charge in [0, 0.05) is 12.2 Å². The summed E-state index contributed by atoms with van der Waals surface area (Å²) in [5.74, 6) is -0.268. The van der Waals surface area contributed by atoms with Crippen molar-refractivity contribution in [2.45, 2.75) is 39.9 Å². The summed E-state index contributed by atoms with van der Waals surface area (Å²) < 4.78 is 5.35. The summed E-state index contributed by atoms with van der Waals surface area (Å²) in [5.41, 5.74) is 1.27. The minimum Gasteiger partial charge on any atom is -0.382 e. The molecule has 0 bridgehead atoms. The lowest BCUT2D eigenvalue weighted by molar-refractivity contribution is 0.0487. The van der Waals surface area contributed by atoms with Gasteiger partial charge in [-0.15, -0.1) is 0 Å². The Labute approximate surface area is 102 Å². The number of rotatable bonds is 5. The van der Waals surface area contributed by atoms with Crippen molar-refractivity contribution in [1.29, 1.82) is 0 Å². The fraction of sp³-hybridized carbons (Fsp3) is 0.500. The van der Waals surface area contributed by atoms with E-state index < -0.39 is 5.60 Å². The number of hydrogen-bond donors (Lipinski definition) is 1. The fourth-order valence-corrected chi connectivity index (χ4v) is 1.53. The Bertz CT molecular complexity index is 402. The lowest BCUT2D eigenvalue weighted by Gasteiger charge is -2.16. The van der Waals surface area contributed by atoms with E-state index in [0.29, 0.717) is 18.8 Å². The Morgan fingerprint density at radius 1 is 1.41 bits per heavy atom. The van der Waals surface area contributed by atoms with Gasteiger partial charge in [0.15, 0.2) is 5.78 Å². The zero-order valence-corrected chi connectivity index (χ0v) is 10.9. The number of carbonyl (C=O) groups is 1. The molecule has 0 saturated heterocycles. The maximum atomic E-state index is 11.9. The van der Waals surface area contributed by atoms with Gasteiger partial charge in [-0.2, -0.15) is 0 Å². The molecule has 3 nitrogen and oxygen atoms in total. The van der Waals surface area contributed by atoms with Crippen molar-refractivity contribution in [3.8, 4) is 0 Å². The molecule has 17 heavy (non-hydrogen) atoms. The van der Waals surface area contributed by atoms with Crippen LogP contribution in [0.25, 0.3) is 0 Å². The van der Waals surface area contributed by atoms with Crippen LogP contribution in [-0.4, -0.2) is 23.1 Å². The van der Waals surface area contributed by atoms with Crippen molar-refractivity contribution >= 4 is 5.78 Å². The van der Waals surface area contributed by atoms with E-state index in [1.54, 1.807) is 12.1 Å². The summed E-state index contributed by atoms with van der Waals surface area (Å²) in [6, 6.07) is 5.42. The van der Waals surface area contributed by atoms with Gasteiger partial charge in [-0.1, -0.05) is 12.1 Å². The highest BCUT2D eigenvalue weighted by Gasteiger charge is 2.25. The number of hydrogen-bond acceptors (Lipinski definition) is 3. The van der Waals surface area contributed by atoms with Crippen molar-refractivity contribution in [2.75, 3.05) is 6.61 Å². The number of ketones is 1. The first kappa shape index (κ1) is 13.9. The molecule has 0 aliphatic rings. The minimum atomic E-state index is -1.34. The Morgan fingerprint density at radius 3 is 2.59 bits per heavy atom. The molecule has 1 rings (SSSR count). The second-order valence-electron chi connectivity index (χ2n) is 4.67. The van der Waals surface area contributed by atoms with Crippen molar-refractivity contribution in [3.63, 3.8) is 0 Å². The number of aliphatic hydroxyl groups is 1. The second kappa shape index (κ2) is 5.43. The average Bonchev–Trinajstić information content (AvgIpc) is 2.26. The van der Waals surface area contributed by atoms with Crippen molar-refractivity contribution in [3.05, 3.63) is 34.9 Å². The molecule has 0 heterocycles. The molecule has 1 aromatic carbocycles. The molecule has 0 atom stereocenters. The van der Waals surface area contributed by atoms with Crippen LogP contribution >= 0.6 is 0 Å². The molecule has 0 aliphatic carbocycles. The summed E-state index contributed by atoms with van der Waals surface area (Å²) in [5, 5.41) is 9.70. The number of ether oxygens (including phenoxy) is 1. The smallest absolute Gasteiger partial charge is 0.193 e. The van der Waals surface area contributed by atoms with Crippen LogP contribution in [0.1, 0.15) is 42.3 Å². The van der Waals surface area contributed by atoms with E-state index in [4.69, 9.17) is 4.74 Å². The monoisotopic (exact) mass is 236 g/mol. The largest absolute Gasteiger partial charge is 0.382 e. The molecule has 94 valence electrons. The first-order chi connectivity index (χ1) is 7.86. The van der Waals surface area contributed by atoms with Crippen LogP contribution in [0.2, 0.25) is 0 Å². The lowest BCUT2D eigenvalue weighted by atomic mass is 9.94. The van der Waals surface area contributed by atoms with E-state index in [0.717, 1.165) is 11.1 Å². The van der Waals surface area contributed by atoms with Gasteiger partial charge >= 0.3 is 0 Å². The van der Waals surface area contributed by atoms with E-state index in [-0.39, 0.29) is 5.78 Å². The van der Waals surface area contributed by atoms with Gasteiger partial charge in [0.2, 0.25) is 0 Å².